The summed E-state index contributed by atoms with van der Waals surface area (Å²) in [5, 5.41) is 0. The Morgan fingerprint density at radius 2 is 1.82 bits per heavy atom. The van der Waals surface area contributed by atoms with Crippen molar-refractivity contribution < 1.29 is 23.7 Å². The first-order valence-electron chi connectivity index (χ1n) is 13.7. The molecule has 0 saturated carbocycles. The van der Waals surface area contributed by atoms with E-state index in [1.54, 1.807) is 18.7 Å². The molecule has 3 aromatic rings. The Kier molecular flexibility index (Phi) is 11.8. The van der Waals surface area contributed by atoms with Crippen LogP contribution in [0.1, 0.15) is 29.2 Å². The number of hydrogen-bond acceptors (Lipinski definition) is 7. The van der Waals surface area contributed by atoms with Crippen LogP contribution in [0, 0.1) is 18.8 Å². The normalized spacial score (nSPS) is 13.2. The number of ether oxygens (including phenoxy) is 4. The van der Waals surface area contributed by atoms with E-state index >= 15 is 0 Å². The standard InChI is InChI=1S/C33H37NO5S/c1-3-37-33(35)24-39-32-13-12-31(20-26(32)2)40-25-29-21-28(11-7-10-27-8-5-4-6-9-27)22-30(23-29)38-19-16-34-14-17-36-18-15-34/h4-6,8-9,12-13,20-23H,3,10,14-19,24-25H2,1-2H3. The molecule has 1 heterocycles. The minimum absolute atomic E-state index is 0.0897. The van der Waals surface area contributed by atoms with Gasteiger partial charge in [-0.15, -0.1) is 11.8 Å². The molecule has 6 nitrogen and oxygen atoms in total. The zero-order chi connectivity index (χ0) is 28.0. The number of thioether (sulfide) groups is 1. The molecule has 1 saturated heterocycles. The van der Waals surface area contributed by atoms with Crippen molar-refractivity contribution >= 4 is 17.7 Å². The molecule has 4 rings (SSSR count). The molecule has 0 spiro atoms. The summed E-state index contributed by atoms with van der Waals surface area (Å²) in [7, 11) is 0. The van der Waals surface area contributed by atoms with Gasteiger partial charge in [0.15, 0.2) is 6.61 Å². The summed E-state index contributed by atoms with van der Waals surface area (Å²) in [6.45, 7) is 8.98. The predicted octanol–water partition coefficient (Wildman–Crippen LogP) is 5.53. The number of nitrogens with zero attached hydrogens (tertiary/aromatic N) is 1. The Labute approximate surface area is 242 Å². The molecular weight excluding hydrogens is 522 g/mol. The first-order chi connectivity index (χ1) is 19.6. The lowest BCUT2D eigenvalue weighted by atomic mass is 10.1. The Morgan fingerprint density at radius 3 is 2.60 bits per heavy atom. The quantitative estimate of drug-likeness (QED) is 0.164. The number of rotatable bonds is 12. The van der Waals surface area contributed by atoms with Crippen LogP contribution < -0.4 is 9.47 Å². The number of esters is 1. The number of morpholine rings is 1. The van der Waals surface area contributed by atoms with Gasteiger partial charge in [0.1, 0.15) is 18.1 Å². The van der Waals surface area contributed by atoms with Crippen molar-refractivity contribution in [3.05, 3.63) is 89.0 Å². The number of aryl methyl sites for hydroxylation is 1. The molecule has 1 fully saturated rings. The second-order valence-corrected chi connectivity index (χ2v) is 10.5. The van der Waals surface area contributed by atoms with Crippen LogP contribution in [0.2, 0.25) is 0 Å². The Morgan fingerprint density at radius 1 is 1.00 bits per heavy atom. The van der Waals surface area contributed by atoms with Gasteiger partial charge in [-0.1, -0.05) is 42.2 Å². The van der Waals surface area contributed by atoms with Crippen LogP contribution in [0.4, 0.5) is 0 Å². The molecular formula is C33H37NO5S. The highest BCUT2D eigenvalue weighted by Gasteiger charge is 2.11. The SMILES string of the molecule is CCOC(=O)COc1ccc(SCc2cc(C#CCc3ccccc3)cc(OCCN3CCOCC3)c2)cc1C. The van der Waals surface area contributed by atoms with Crippen LogP contribution in [0.5, 0.6) is 11.5 Å². The fourth-order valence-corrected chi connectivity index (χ4v) is 5.17. The summed E-state index contributed by atoms with van der Waals surface area (Å²) >= 11 is 1.74. The van der Waals surface area contributed by atoms with Crippen LogP contribution in [0.3, 0.4) is 0 Å². The maximum absolute atomic E-state index is 11.6. The molecule has 0 amide bonds. The van der Waals surface area contributed by atoms with Crippen molar-refractivity contribution in [3.8, 4) is 23.3 Å². The van der Waals surface area contributed by atoms with Crippen molar-refractivity contribution in [1.82, 2.24) is 4.90 Å². The minimum Gasteiger partial charge on any atom is -0.492 e. The van der Waals surface area contributed by atoms with E-state index in [-0.39, 0.29) is 12.6 Å². The molecule has 1 aliphatic rings. The zero-order valence-electron chi connectivity index (χ0n) is 23.3. The highest BCUT2D eigenvalue weighted by molar-refractivity contribution is 7.98. The van der Waals surface area contributed by atoms with E-state index in [0.717, 1.165) is 65.9 Å². The Hall–Kier alpha value is -3.44. The molecule has 3 aromatic carbocycles. The number of benzene rings is 3. The van der Waals surface area contributed by atoms with Gasteiger partial charge in [0.05, 0.1) is 19.8 Å². The molecule has 1 aliphatic heterocycles. The first kappa shape index (κ1) is 29.5. The fourth-order valence-electron chi connectivity index (χ4n) is 4.24. The van der Waals surface area contributed by atoms with Gasteiger partial charge >= 0.3 is 5.97 Å². The van der Waals surface area contributed by atoms with Crippen molar-refractivity contribution in [2.45, 2.75) is 30.9 Å². The maximum Gasteiger partial charge on any atom is 0.344 e. The molecule has 0 bridgehead atoms. The van der Waals surface area contributed by atoms with Crippen LogP contribution in [0.15, 0.2) is 71.6 Å². The van der Waals surface area contributed by atoms with Crippen molar-refractivity contribution in [2.75, 3.05) is 52.7 Å². The van der Waals surface area contributed by atoms with E-state index in [4.69, 9.17) is 18.9 Å². The van der Waals surface area contributed by atoms with Crippen LogP contribution in [-0.4, -0.2) is 63.5 Å². The van der Waals surface area contributed by atoms with Gasteiger partial charge in [-0.05, 0) is 66.9 Å². The smallest absolute Gasteiger partial charge is 0.344 e. The lowest BCUT2D eigenvalue weighted by Gasteiger charge is -2.26. The molecule has 40 heavy (non-hydrogen) atoms. The van der Waals surface area contributed by atoms with Gasteiger partial charge in [-0.2, -0.15) is 0 Å². The van der Waals surface area contributed by atoms with E-state index < -0.39 is 0 Å². The predicted molar refractivity (Wildman–Crippen MR) is 159 cm³/mol. The second-order valence-electron chi connectivity index (χ2n) is 9.44. The summed E-state index contributed by atoms with van der Waals surface area (Å²) in [4.78, 5) is 15.1. The van der Waals surface area contributed by atoms with E-state index in [9.17, 15) is 4.79 Å². The maximum atomic E-state index is 11.6. The first-order valence-corrected chi connectivity index (χ1v) is 14.7. The average Bonchev–Trinajstić information content (AvgIpc) is 2.97. The van der Waals surface area contributed by atoms with Gasteiger partial charge in [0, 0.05) is 42.3 Å². The highest BCUT2D eigenvalue weighted by Crippen LogP contribution is 2.29. The van der Waals surface area contributed by atoms with Gasteiger partial charge < -0.3 is 18.9 Å². The van der Waals surface area contributed by atoms with E-state index in [1.807, 2.05) is 43.3 Å². The van der Waals surface area contributed by atoms with Gasteiger partial charge in [0.25, 0.3) is 0 Å². The fraction of sp³-hybridized carbons (Fsp3) is 0.364. The molecule has 0 atom stereocenters. The largest absolute Gasteiger partial charge is 0.492 e. The monoisotopic (exact) mass is 559 g/mol. The molecule has 0 aromatic heterocycles. The lowest BCUT2D eigenvalue weighted by molar-refractivity contribution is -0.145. The second kappa shape index (κ2) is 16.0. The van der Waals surface area contributed by atoms with Crippen LogP contribution in [-0.2, 0) is 26.4 Å². The number of hydrogen-bond donors (Lipinski definition) is 0. The minimum atomic E-state index is -0.366. The number of carbonyl (C=O) groups is 1. The Balaban J connectivity index is 1.40. The third kappa shape index (κ3) is 9.95. The Bertz CT molecular complexity index is 1300. The third-order valence-electron chi connectivity index (χ3n) is 6.32. The summed E-state index contributed by atoms with van der Waals surface area (Å²) in [6, 6.07) is 22.6. The average molecular weight is 560 g/mol. The topological polar surface area (TPSA) is 57.2 Å². The molecule has 210 valence electrons. The molecule has 0 radical (unpaired) electrons. The van der Waals surface area contributed by atoms with E-state index in [2.05, 4.69) is 47.1 Å². The highest BCUT2D eigenvalue weighted by atomic mass is 32.2. The third-order valence-corrected chi connectivity index (χ3v) is 7.38. The van der Waals surface area contributed by atoms with Crippen molar-refractivity contribution in [1.29, 1.82) is 0 Å². The lowest BCUT2D eigenvalue weighted by Crippen LogP contribution is -2.38. The van der Waals surface area contributed by atoms with E-state index in [1.165, 1.54) is 5.56 Å². The molecule has 0 unspecified atom stereocenters. The molecule has 7 heteroatoms. The zero-order valence-corrected chi connectivity index (χ0v) is 24.1. The van der Waals surface area contributed by atoms with Gasteiger partial charge in [-0.3, -0.25) is 4.90 Å². The summed E-state index contributed by atoms with van der Waals surface area (Å²) < 4.78 is 22.2. The summed E-state index contributed by atoms with van der Waals surface area (Å²) in [5.41, 5.74) is 4.28. The van der Waals surface area contributed by atoms with Crippen LogP contribution >= 0.6 is 11.8 Å². The van der Waals surface area contributed by atoms with Gasteiger partial charge in [0.2, 0.25) is 0 Å². The summed E-state index contributed by atoms with van der Waals surface area (Å²) in [5.74, 6) is 8.59. The van der Waals surface area contributed by atoms with E-state index in [0.29, 0.717) is 25.4 Å². The van der Waals surface area contributed by atoms with Crippen LogP contribution in [0.25, 0.3) is 0 Å². The van der Waals surface area contributed by atoms with Crippen molar-refractivity contribution in [3.63, 3.8) is 0 Å². The van der Waals surface area contributed by atoms with Crippen molar-refractivity contribution in [2.24, 2.45) is 0 Å². The number of carbonyl (C=O) groups excluding carboxylic acids is 1. The molecule has 0 N–H and O–H groups in total. The summed E-state index contributed by atoms with van der Waals surface area (Å²) in [6.07, 6.45) is 0.705. The van der Waals surface area contributed by atoms with Gasteiger partial charge in [-0.25, -0.2) is 4.79 Å². The molecule has 0 aliphatic carbocycles.